The summed E-state index contributed by atoms with van der Waals surface area (Å²) in [6, 6.07) is 5.41. The fourth-order valence-corrected chi connectivity index (χ4v) is 1.89. The molecule has 0 heterocycles. The van der Waals surface area contributed by atoms with E-state index < -0.39 is 18.4 Å². The van der Waals surface area contributed by atoms with Crippen LogP contribution in [0.1, 0.15) is 30.4 Å². The molecule has 1 aliphatic carbocycles. The molecule has 1 unspecified atom stereocenters. The standard InChI is InChI=1S/C13H15F2NO2/c14-12(15)10-3-1-8(2-4-10)7-16-11(13(17)18)9-5-6-9/h1-4,9,11-12,16H,5-7H2,(H,17,18). The molecule has 18 heavy (non-hydrogen) atoms. The van der Waals surface area contributed by atoms with Crippen LogP contribution >= 0.6 is 0 Å². The van der Waals surface area contributed by atoms with Gasteiger partial charge < -0.3 is 10.4 Å². The van der Waals surface area contributed by atoms with Crippen LogP contribution < -0.4 is 5.32 Å². The van der Waals surface area contributed by atoms with Crippen molar-refractivity contribution in [3.05, 3.63) is 35.4 Å². The lowest BCUT2D eigenvalue weighted by Gasteiger charge is -2.13. The third-order valence-electron chi connectivity index (χ3n) is 3.12. The molecule has 0 bridgehead atoms. The molecule has 1 aliphatic rings. The Morgan fingerprint density at radius 1 is 1.33 bits per heavy atom. The van der Waals surface area contributed by atoms with E-state index in [0.29, 0.717) is 6.54 Å². The van der Waals surface area contributed by atoms with Crippen molar-refractivity contribution < 1.29 is 18.7 Å². The van der Waals surface area contributed by atoms with E-state index in [1.165, 1.54) is 12.1 Å². The van der Waals surface area contributed by atoms with Gasteiger partial charge in [-0.25, -0.2) is 8.78 Å². The van der Waals surface area contributed by atoms with Crippen molar-refractivity contribution in [1.82, 2.24) is 5.32 Å². The highest BCUT2D eigenvalue weighted by Gasteiger charge is 2.35. The van der Waals surface area contributed by atoms with Crippen molar-refractivity contribution in [1.29, 1.82) is 0 Å². The van der Waals surface area contributed by atoms with E-state index in [0.717, 1.165) is 18.4 Å². The van der Waals surface area contributed by atoms with Gasteiger partial charge in [-0.15, -0.1) is 0 Å². The zero-order valence-electron chi connectivity index (χ0n) is 9.77. The fraction of sp³-hybridized carbons (Fsp3) is 0.462. The molecule has 3 nitrogen and oxygen atoms in total. The molecule has 0 aromatic heterocycles. The minimum atomic E-state index is -2.47. The molecule has 0 amide bonds. The predicted molar refractivity (Wildman–Crippen MR) is 62.4 cm³/mol. The highest BCUT2D eigenvalue weighted by atomic mass is 19.3. The molecule has 1 aromatic carbocycles. The summed E-state index contributed by atoms with van der Waals surface area (Å²) in [6.07, 6.45) is -0.590. The summed E-state index contributed by atoms with van der Waals surface area (Å²) in [5, 5.41) is 12.0. The predicted octanol–water partition coefficient (Wildman–Crippen LogP) is 2.58. The molecule has 1 aromatic rings. The van der Waals surface area contributed by atoms with E-state index in [2.05, 4.69) is 5.32 Å². The molecule has 0 saturated heterocycles. The van der Waals surface area contributed by atoms with Gasteiger partial charge in [0.2, 0.25) is 0 Å². The SMILES string of the molecule is O=C(O)C(NCc1ccc(C(F)F)cc1)C1CC1. The van der Waals surface area contributed by atoms with Gasteiger partial charge in [0, 0.05) is 12.1 Å². The van der Waals surface area contributed by atoms with Gasteiger partial charge in [-0.3, -0.25) is 4.79 Å². The summed E-state index contributed by atoms with van der Waals surface area (Å²) in [7, 11) is 0. The van der Waals surface area contributed by atoms with Crippen molar-refractivity contribution in [3.8, 4) is 0 Å². The van der Waals surface area contributed by atoms with Gasteiger partial charge >= 0.3 is 5.97 Å². The van der Waals surface area contributed by atoms with Crippen LogP contribution in [0.25, 0.3) is 0 Å². The Hall–Kier alpha value is -1.49. The molecule has 0 aliphatic heterocycles. The first-order valence-electron chi connectivity index (χ1n) is 5.91. The number of carboxylic acid groups (broad SMARTS) is 1. The van der Waals surface area contributed by atoms with E-state index in [9.17, 15) is 13.6 Å². The van der Waals surface area contributed by atoms with E-state index in [4.69, 9.17) is 5.11 Å². The summed E-state index contributed by atoms with van der Waals surface area (Å²) >= 11 is 0. The van der Waals surface area contributed by atoms with Crippen LogP contribution in [-0.4, -0.2) is 17.1 Å². The quantitative estimate of drug-likeness (QED) is 0.821. The number of halogens is 2. The molecule has 98 valence electrons. The maximum Gasteiger partial charge on any atom is 0.320 e. The first-order chi connectivity index (χ1) is 8.58. The second-order valence-corrected chi connectivity index (χ2v) is 4.58. The topological polar surface area (TPSA) is 49.3 Å². The van der Waals surface area contributed by atoms with Gasteiger partial charge in [-0.05, 0) is 24.3 Å². The van der Waals surface area contributed by atoms with Crippen LogP contribution in [0.15, 0.2) is 24.3 Å². The Labute approximate surface area is 104 Å². The van der Waals surface area contributed by atoms with Crippen LogP contribution in [0.4, 0.5) is 8.78 Å². The number of hydrogen-bond acceptors (Lipinski definition) is 2. The highest BCUT2D eigenvalue weighted by Crippen LogP contribution is 2.32. The van der Waals surface area contributed by atoms with E-state index >= 15 is 0 Å². The molecule has 2 N–H and O–H groups in total. The van der Waals surface area contributed by atoms with E-state index in [-0.39, 0.29) is 11.5 Å². The lowest BCUT2D eigenvalue weighted by Crippen LogP contribution is -2.38. The maximum atomic E-state index is 12.3. The Kier molecular flexibility index (Phi) is 3.91. The van der Waals surface area contributed by atoms with Crippen molar-refractivity contribution in [2.45, 2.75) is 31.9 Å². The van der Waals surface area contributed by atoms with Crippen LogP contribution in [0.2, 0.25) is 0 Å². The second-order valence-electron chi connectivity index (χ2n) is 4.58. The molecule has 0 spiro atoms. The van der Waals surface area contributed by atoms with Crippen molar-refractivity contribution in [2.75, 3.05) is 0 Å². The number of benzene rings is 1. The van der Waals surface area contributed by atoms with Crippen LogP contribution in [0.5, 0.6) is 0 Å². The number of hydrogen-bond donors (Lipinski definition) is 2. The highest BCUT2D eigenvalue weighted by molar-refractivity contribution is 5.74. The van der Waals surface area contributed by atoms with E-state index in [1.807, 2.05) is 0 Å². The number of carbonyl (C=O) groups is 1. The maximum absolute atomic E-state index is 12.3. The first-order valence-corrected chi connectivity index (χ1v) is 5.91. The number of aliphatic carboxylic acids is 1. The van der Waals surface area contributed by atoms with Gasteiger partial charge in [0.25, 0.3) is 6.43 Å². The zero-order valence-corrected chi connectivity index (χ0v) is 9.77. The van der Waals surface area contributed by atoms with Gasteiger partial charge in [-0.2, -0.15) is 0 Å². The van der Waals surface area contributed by atoms with Gasteiger partial charge in [-0.1, -0.05) is 24.3 Å². The van der Waals surface area contributed by atoms with Crippen molar-refractivity contribution >= 4 is 5.97 Å². The fourth-order valence-electron chi connectivity index (χ4n) is 1.89. The number of nitrogens with one attached hydrogen (secondary N) is 1. The average molecular weight is 255 g/mol. The normalized spacial score (nSPS) is 16.8. The van der Waals surface area contributed by atoms with Crippen LogP contribution in [-0.2, 0) is 11.3 Å². The Morgan fingerprint density at radius 2 is 1.94 bits per heavy atom. The second kappa shape index (κ2) is 5.44. The number of alkyl halides is 2. The van der Waals surface area contributed by atoms with Gasteiger partial charge in [0.1, 0.15) is 6.04 Å². The smallest absolute Gasteiger partial charge is 0.320 e. The average Bonchev–Trinajstić information content (AvgIpc) is 3.14. The Morgan fingerprint density at radius 3 is 2.39 bits per heavy atom. The minimum Gasteiger partial charge on any atom is -0.480 e. The molecule has 1 atom stereocenters. The summed E-state index contributed by atoms with van der Waals surface area (Å²) in [6.45, 7) is 0.386. The van der Waals surface area contributed by atoms with E-state index in [1.54, 1.807) is 12.1 Å². The molecule has 2 rings (SSSR count). The third-order valence-corrected chi connectivity index (χ3v) is 3.12. The molecular formula is C13H15F2NO2. The van der Waals surface area contributed by atoms with Crippen molar-refractivity contribution in [3.63, 3.8) is 0 Å². The minimum absolute atomic E-state index is 0.0178. The first kappa shape index (κ1) is 13.0. The largest absolute Gasteiger partial charge is 0.480 e. The van der Waals surface area contributed by atoms with Gasteiger partial charge in [0.05, 0.1) is 0 Å². The van der Waals surface area contributed by atoms with Crippen molar-refractivity contribution in [2.24, 2.45) is 5.92 Å². The number of rotatable bonds is 6. The molecular weight excluding hydrogens is 240 g/mol. The summed E-state index contributed by atoms with van der Waals surface area (Å²) < 4.78 is 24.7. The Balaban J connectivity index is 1.90. The molecule has 1 fully saturated rings. The monoisotopic (exact) mass is 255 g/mol. The molecule has 1 saturated carbocycles. The summed E-state index contributed by atoms with van der Waals surface area (Å²) in [4.78, 5) is 11.0. The summed E-state index contributed by atoms with van der Waals surface area (Å²) in [5.74, 6) is -0.635. The summed E-state index contributed by atoms with van der Waals surface area (Å²) in [5.41, 5.74) is 0.794. The van der Waals surface area contributed by atoms with Crippen LogP contribution in [0.3, 0.4) is 0 Å². The third kappa shape index (κ3) is 3.26. The Bertz CT molecular complexity index is 416. The molecule has 0 radical (unpaired) electrons. The lowest BCUT2D eigenvalue weighted by atomic mass is 10.1. The van der Waals surface area contributed by atoms with Gasteiger partial charge in [0.15, 0.2) is 0 Å². The zero-order chi connectivity index (χ0) is 13.1. The molecule has 5 heteroatoms. The van der Waals surface area contributed by atoms with Crippen LogP contribution in [0, 0.1) is 5.92 Å². The number of carboxylic acids is 1. The lowest BCUT2D eigenvalue weighted by molar-refractivity contribution is -0.140.